The fourth-order valence-electron chi connectivity index (χ4n) is 1.94. The van der Waals surface area contributed by atoms with E-state index in [9.17, 15) is 4.79 Å². The van der Waals surface area contributed by atoms with Gasteiger partial charge in [0.05, 0.1) is 19.3 Å². The number of methoxy groups -OCH3 is 1. The van der Waals surface area contributed by atoms with Crippen molar-refractivity contribution in [3.05, 3.63) is 34.9 Å². The molecule has 21 heavy (non-hydrogen) atoms. The standard InChI is InChI=1S/C17H23NO3/c1-4-16(12-21-3)18-17(20)15-10-13(2)9-14(11-15)7-5-6-8-19/h9-11,16,19H,4,6,8,12H2,1-3H3,(H,18,20). The molecule has 1 rings (SSSR count). The molecule has 0 bridgehead atoms. The van der Waals surface area contributed by atoms with Gasteiger partial charge in [-0.15, -0.1) is 0 Å². The van der Waals surface area contributed by atoms with Crippen LogP contribution in [0.1, 0.15) is 41.3 Å². The minimum Gasteiger partial charge on any atom is -0.395 e. The van der Waals surface area contributed by atoms with Crippen molar-refractivity contribution in [2.24, 2.45) is 0 Å². The van der Waals surface area contributed by atoms with E-state index in [-0.39, 0.29) is 18.6 Å². The van der Waals surface area contributed by atoms with E-state index in [1.54, 1.807) is 13.2 Å². The number of aryl methyl sites for hydroxylation is 1. The molecule has 0 heterocycles. The highest BCUT2D eigenvalue weighted by Gasteiger charge is 2.12. The lowest BCUT2D eigenvalue weighted by Gasteiger charge is -2.16. The molecule has 4 heteroatoms. The summed E-state index contributed by atoms with van der Waals surface area (Å²) < 4.78 is 5.08. The SMILES string of the molecule is CCC(COC)NC(=O)c1cc(C)cc(C#CCCO)c1. The number of benzene rings is 1. The average Bonchev–Trinajstić information content (AvgIpc) is 2.46. The second-order valence-corrected chi connectivity index (χ2v) is 4.90. The quantitative estimate of drug-likeness (QED) is 0.786. The van der Waals surface area contributed by atoms with E-state index in [2.05, 4.69) is 17.2 Å². The Hall–Kier alpha value is -1.83. The summed E-state index contributed by atoms with van der Waals surface area (Å²) in [4.78, 5) is 12.3. The number of ether oxygens (including phenoxy) is 1. The molecular formula is C17H23NO3. The van der Waals surface area contributed by atoms with Crippen LogP contribution in [0, 0.1) is 18.8 Å². The molecule has 0 aliphatic rings. The fraction of sp³-hybridized carbons (Fsp3) is 0.471. The molecule has 2 N–H and O–H groups in total. The third-order valence-corrected chi connectivity index (χ3v) is 3.00. The summed E-state index contributed by atoms with van der Waals surface area (Å²) in [6, 6.07) is 5.54. The third kappa shape index (κ3) is 5.99. The van der Waals surface area contributed by atoms with Crippen LogP contribution in [0.25, 0.3) is 0 Å². The van der Waals surface area contributed by atoms with Gasteiger partial charge in [0.1, 0.15) is 0 Å². The number of carbonyl (C=O) groups is 1. The van der Waals surface area contributed by atoms with Gasteiger partial charge >= 0.3 is 0 Å². The van der Waals surface area contributed by atoms with Crippen LogP contribution < -0.4 is 5.32 Å². The largest absolute Gasteiger partial charge is 0.395 e. The van der Waals surface area contributed by atoms with E-state index >= 15 is 0 Å². The molecule has 0 fully saturated rings. The zero-order valence-corrected chi connectivity index (χ0v) is 12.9. The number of amides is 1. The molecule has 1 aromatic carbocycles. The van der Waals surface area contributed by atoms with Crippen molar-refractivity contribution in [3.63, 3.8) is 0 Å². The Labute approximate surface area is 126 Å². The summed E-state index contributed by atoms with van der Waals surface area (Å²) in [5.74, 6) is 5.71. The van der Waals surface area contributed by atoms with Crippen molar-refractivity contribution in [2.45, 2.75) is 32.7 Å². The Balaban J connectivity index is 2.87. The van der Waals surface area contributed by atoms with E-state index in [0.29, 0.717) is 18.6 Å². The van der Waals surface area contributed by atoms with Gasteiger partial charge in [-0.3, -0.25) is 4.79 Å². The van der Waals surface area contributed by atoms with Gasteiger partial charge in [0.25, 0.3) is 5.91 Å². The Morgan fingerprint density at radius 1 is 1.43 bits per heavy atom. The lowest BCUT2D eigenvalue weighted by atomic mass is 10.1. The van der Waals surface area contributed by atoms with Gasteiger partial charge in [-0.05, 0) is 37.1 Å². The molecule has 1 amide bonds. The molecule has 1 atom stereocenters. The van der Waals surface area contributed by atoms with Gasteiger partial charge in [0.15, 0.2) is 0 Å². The second-order valence-electron chi connectivity index (χ2n) is 4.90. The number of hydrogen-bond donors (Lipinski definition) is 2. The molecule has 1 aromatic rings. The van der Waals surface area contributed by atoms with Crippen molar-refractivity contribution in [1.29, 1.82) is 0 Å². The van der Waals surface area contributed by atoms with Gasteiger partial charge in [-0.25, -0.2) is 0 Å². The van der Waals surface area contributed by atoms with Crippen LogP contribution in [0.15, 0.2) is 18.2 Å². The van der Waals surface area contributed by atoms with Crippen LogP contribution in [0.4, 0.5) is 0 Å². The van der Waals surface area contributed by atoms with Crippen LogP contribution >= 0.6 is 0 Å². The Bertz CT molecular complexity index is 529. The molecule has 0 aliphatic heterocycles. The summed E-state index contributed by atoms with van der Waals surface area (Å²) in [6.45, 7) is 4.48. The maximum absolute atomic E-state index is 12.3. The van der Waals surface area contributed by atoms with Crippen LogP contribution in [0.5, 0.6) is 0 Å². The van der Waals surface area contributed by atoms with Gasteiger partial charge in [0.2, 0.25) is 0 Å². The minimum absolute atomic E-state index is 0.00642. The average molecular weight is 289 g/mol. The first-order chi connectivity index (χ1) is 10.1. The zero-order chi connectivity index (χ0) is 15.7. The Morgan fingerprint density at radius 2 is 2.19 bits per heavy atom. The maximum atomic E-state index is 12.3. The molecule has 0 saturated carbocycles. The van der Waals surface area contributed by atoms with Gasteiger partial charge < -0.3 is 15.2 Å². The predicted octanol–water partition coefficient (Wildman–Crippen LogP) is 1.88. The molecular weight excluding hydrogens is 266 g/mol. The summed E-state index contributed by atoms with van der Waals surface area (Å²) in [7, 11) is 1.62. The third-order valence-electron chi connectivity index (χ3n) is 3.00. The molecule has 4 nitrogen and oxygen atoms in total. The first kappa shape index (κ1) is 17.2. The fourth-order valence-corrected chi connectivity index (χ4v) is 1.94. The molecule has 0 aliphatic carbocycles. The molecule has 0 aromatic heterocycles. The van der Waals surface area contributed by atoms with Crippen LogP contribution in [0.2, 0.25) is 0 Å². The summed E-state index contributed by atoms with van der Waals surface area (Å²) in [5, 5.41) is 11.7. The topological polar surface area (TPSA) is 58.6 Å². The van der Waals surface area contributed by atoms with Crippen LogP contribution in [-0.2, 0) is 4.74 Å². The number of hydrogen-bond acceptors (Lipinski definition) is 3. The number of rotatable bonds is 6. The van der Waals surface area contributed by atoms with Crippen LogP contribution in [-0.4, -0.2) is 37.4 Å². The van der Waals surface area contributed by atoms with E-state index in [4.69, 9.17) is 9.84 Å². The van der Waals surface area contributed by atoms with E-state index in [0.717, 1.165) is 17.5 Å². The van der Waals surface area contributed by atoms with Crippen molar-refractivity contribution in [2.75, 3.05) is 20.3 Å². The summed E-state index contributed by atoms with van der Waals surface area (Å²) in [5.41, 5.74) is 2.36. The number of aliphatic hydroxyl groups is 1. The summed E-state index contributed by atoms with van der Waals surface area (Å²) in [6.07, 6.45) is 1.25. The molecule has 114 valence electrons. The van der Waals surface area contributed by atoms with Crippen molar-refractivity contribution >= 4 is 5.91 Å². The van der Waals surface area contributed by atoms with Crippen LogP contribution in [0.3, 0.4) is 0 Å². The number of nitrogens with one attached hydrogen (secondary N) is 1. The van der Waals surface area contributed by atoms with Gasteiger partial charge in [0, 0.05) is 24.7 Å². The molecule has 0 radical (unpaired) electrons. The maximum Gasteiger partial charge on any atom is 0.251 e. The lowest BCUT2D eigenvalue weighted by Crippen LogP contribution is -2.37. The number of carbonyl (C=O) groups excluding carboxylic acids is 1. The first-order valence-electron chi connectivity index (χ1n) is 7.12. The van der Waals surface area contributed by atoms with Gasteiger partial charge in [-0.2, -0.15) is 0 Å². The van der Waals surface area contributed by atoms with Crippen molar-refractivity contribution in [3.8, 4) is 11.8 Å². The first-order valence-corrected chi connectivity index (χ1v) is 7.12. The Kier molecular flexibility index (Phi) is 7.52. The minimum atomic E-state index is -0.118. The van der Waals surface area contributed by atoms with Gasteiger partial charge in [-0.1, -0.05) is 18.8 Å². The predicted molar refractivity (Wildman–Crippen MR) is 83.2 cm³/mol. The highest BCUT2D eigenvalue weighted by molar-refractivity contribution is 5.95. The van der Waals surface area contributed by atoms with E-state index < -0.39 is 0 Å². The molecule has 1 unspecified atom stereocenters. The van der Waals surface area contributed by atoms with Crippen molar-refractivity contribution in [1.82, 2.24) is 5.32 Å². The highest BCUT2D eigenvalue weighted by atomic mass is 16.5. The normalized spacial score (nSPS) is 11.4. The smallest absolute Gasteiger partial charge is 0.251 e. The number of aliphatic hydroxyl groups excluding tert-OH is 1. The molecule has 0 spiro atoms. The monoisotopic (exact) mass is 289 g/mol. The van der Waals surface area contributed by atoms with E-state index in [1.807, 2.05) is 26.0 Å². The lowest BCUT2D eigenvalue weighted by molar-refractivity contribution is 0.0894. The zero-order valence-electron chi connectivity index (χ0n) is 12.9. The van der Waals surface area contributed by atoms with Crippen molar-refractivity contribution < 1.29 is 14.6 Å². The highest BCUT2D eigenvalue weighted by Crippen LogP contribution is 2.10. The molecule has 0 saturated heterocycles. The van der Waals surface area contributed by atoms with E-state index in [1.165, 1.54) is 0 Å². The Morgan fingerprint density at radius 3 is 2.81 bits per heavy atom. The summed E-state index contributed by atoms with van der Waals surface area (Å²) >= 11 is 0. The second kappa shape index (κ2) is 9.17.